The van der Waals surface area contributed by atoms with Crippen LogP contribution < -0.4 is 10.2 Å². The zero-order valence-electron chi connectivity index (χ0n) is 16.5. The highest BCUT2D eigenvalue weighted by atomic mass is 35.5. The summed E-state index contributed by atoms with van der Waals surface area (Å²) < 4.78 is 0. The van der Waals surface area contributed by atoms with Gasteiger partial charge < -0.3 is 10.2 Å². The van der Waals surface area contributed by atoms with Crippen LogP contribution in [-0.2, 0) is 9.59 Å². The number of hydrogen-bond donors (Lipinski definition) is 1. The quantitative estimate of drug-likeness (QED) is 0.830. The van der Waals surface area contributed by atoms with Crippen molar-refractivity contribution in [2.24, 2.45) is 0 Å². The maximum atomic E-state index is 13.6. The minimum atomic E-state index is -1.41. The van der Waals surface area contributed by atoms with Gasteiger partial charge in [0.1, 0.15) is 0 Å². The number of halogens is 1. The molecule has 2 aliphatic rings. The van der Waals surface area contributed by atoms with Gasteiger partial charge in [0.05, 0.1) is 11.3 Å². The molecule has 0 saturated carbocycles. The Morgan fingerprint density at radius 2 is 1.90 bits per heavy atom. The van der Waals surface area contributed by atoms with Gasteiger partial charge in [-0.15, -0.1) is 0 Å². The van der Waals surface area contributed by atoms with E-state index in [2.05, 4.69) is 5.32 Å². The molecule has 29 heavy (non-hydrogen) atoms. The molecule has 3 amide bonds. The van der Waals surface area contributed by atoms with Crippen LogP contribution in [0.1, 0.15) is 42.6 Å². The highest BCUT2D eigenvalue weighted by Gasteiger charge is 2.61. The third kappa shape index (κ3) is 2.82. The second kappa shape index (κ2) is 6.88. The topological polar surface area (TPSA) is 69.7 Å². The number of benzene rings is 2. The molecule has 7 heteroatoms. The molecule has 1 saturated heterocycles. The van der Waals surface area contributed by atoms with E-state index in [0.717, 1.165) is 5.56 Å². The smallest absolute Gasteiger partial charge is 0.271 e. The van der Waals surface area contributed by atoms with Crippen molar-refractivity contribution in [3.8, 4) is 0 Å². The zero-order chi connectivity index (χ0) is 20.9. The summed E-state index contributed by atoms with van der Waals surface area (Å²) in [5, 5.41) is 3.42. The molecule has 0 bridgehead atoms. The number of nitrogens with zero attached hydrogens (tertiary/aromatic N) is 2. The van der Waals surface area contributed by atoms with Crippen molar-refractivity contribution in [2.75, 3.05) is 10.2 Å². The highest BCUT2D eigenvalue weighted by molar-refractivity contribution is 6.31. The Morgan fingerprint density at radius 1 is 1.17 bits per heavy atom. The summed E-state index contributed by atoms with van der Waals surface area (Å²) in [7, 11) is 0. The monoisotopic (exact) mass is 411 g/mol. The van der Waals surface area contributed by atoms with E-state index in [1.54, 1.807) is 36.4 Å². The SMILES string of the molecule is Cc1ccc(NC(=O)[C@@]23CCC(=O)N2c2ccccc2C(=O)N3C(C)C)cc1Cl. The number of nitrogens with one attached hydrogen (secondary N) is 1. The van der Waals surface area contributed by atoms with Crippen molar-refractivity contribution in [1.82, 2.24) is 4.90 Å². The molecule has 4 rings (SSSR count). The van der Waals surface area contributed by atoms with E-state index in [0.29, 0.717) is 22.0 Å². The first-order valence-electron chi connectivity index (χ1n) is 9.60. The lowest BCUT2D eigenvalue weighted by Crippen LogP contribution is -2.70. The fourth-order valence-corrected chi connectivity index (χ4v) is 4.49. The largest absolute Gasteiger partial charge is 0.322 e. The molecule has 0 unspecified atom stereocenters. The van der Waals surface area contributed by atoms with Gasteiger partial charge in [-0.05, 0) is 50.6 Å². The Balaban J connectivity index is 1.85. The standard InChI is InChI=1S/C22H22ClN3O3/c1-13(2)25-20(28)16-6-4-5-7-18(16)26-19(27)10-11-22(25,26)21(29)24-15-9-8-14(3)17(23)12-15/h4-9,12-13H,10-11H2,1-3H3,(H,24,29)/t22-/m1/s1. The van der Waals surface area contributed by atoms with Crippen molar-refractivity contribution in [3.05, 3.63) is 58.6 Å². The molecule has 1 N–H and O–H groups in total. The molecule has 2 heterocycles. The Bertz CT molecular complexity index is 1040. The van der Waals surface area contributed by atoms with E-state index in [1.807, 2.05) is 26.8 Å². The van der Waals surface area contributed by atoms with Crippen LogP contribution in [0.3, 0.4) is 0 Å². The van der Waals surface area contributed by atoms with Crippen molar-refractivity contribution in [3.63, 3.8) is 0 Å². The number of para-hydroxylation sites is 1. The van der Waals surface area contributed by atoms with Gasteiger partial charge in [0.2, 0.25) is 11.6 Å². The van der Waals surface area contributed by atoms with Gasteiger partial charge in [0.15, 0.2) is 0 Å². The lowest BCUT2D eigenvalue weighted by molar-refractivity contribution is -0.129. The molecular formula is C22H22ClN3O3. The number of fused-ring (bicyclic) bond motifs is 3. The van der Waals surface area contributed by atoms with Crippen molar-refractivity contribution >= 4 is 40.7 Å². The van der Waals surface area contributed by atoms with Gasteiger partial charge in [-0.2, -0.15) is 0 Å². The predicted octanol–water partition coefficient (Wildman–Crippen LogP) is 3.97. The van der Waals surface area contributed by atoms with Gasteiger partial charge in [0.25, 0.3) is 11.8 Å². The fourth-order valence-electron chi connectivity index (χ4n) is 4.31. The molecule has 1 atom stereocenters. The Hall–Kier alpha value is -2.86. The Labute approximate surface area is 174 Å². The second-order valence-electron chi connectivity index (χ2n) is 7.75. The third-order valence-electron chi connectivity index (χ3n) is 5.61. The lowest BCUT2D eigenvalue weighted by Gasteiger charge is -2.50. The molecule has 0 spiro atoms. The van der Waals surface area contributed by atoms with E-state index in [-0.39, 0.29) is 30.7 Å². The van der Waals surface area contributed by atoms with Gasteiger partial charge in [-0.3, -0.25) is 19.3 Å². The van der Waals surface area contributed by atoms with E-state index in [1.165, 1.54) is 9.80 Å². The minimum absolute atomic E-state index is 0.173. The summed E-state index contributed by atoms with van der Waals surface area (Å²) in [5.74, 6) is -0.842. The second-order valence-corrected chi connectivity index (χ2v) is 8.16. The average Bonchev–Trinajstić information content (AvgIpc) is 3.03. The van der Waals surface area contributed by atoms with Crippen molar-refractivity contribution in [2.45, 2.75) is 45.3 Å². The molecule has 1 fully saturated rings. The summed E-state index contributed by atoms with van der Waals surface area (Å²) in [5.41, 5.74) is 0.918. The van der Waals surface area contributed by atoms with Crippen molar-refractivity contribution in [1.29, 1.82) is 0 Å². The summed E-state index contributed by atoms with van der Waals surface area (Å²) in [6.07, 6.45) is 0.419. The maximum absolute atomic E-state index is 13.6. The average molecular weight is 412 g/mol. The first-order valence-corrected chi connectivity index (χ1v) is 9.98. The van der Waals surface area contributed by atoms with E-state index < -0.39 is 11.6 Å². The summed E-state index contributed by atoms with van der Waals surface area (Å²) >= 11 is 6.20. The highest BCUT2D eigenvalue weighted by Crippen LogP contribution is 2.45. The van der Waals surface area contributed by atoms with Crippen LogP contribution in [-0.4, -0.2) is 34.3 Å². The Morgan fingerprint density at radius 3 is 2.59 bits per heavy atom. The zero-order valence-corrected chi connectivity index (χ0v) is 17.3. The number of hydrogen-bond acceptors (Lipinski definition) is 3. The molecule has 2 aromatic carbocycles. The number of carbonyl (C=O) groups excluding carboxylic acids is 3. The van der Waals surface area contributed by atoms with E-state index >= 15 is 0 Å². The first-order chi connectivity index (χ1) is 13.8. The molecule has 6 nitrogen and oxygen atoms in total. The molecule has 0 radical (unpaired) electrons. The molecule has 2 aliphatic heterocycles. The van der Waals surface area contributed by atoms with Gasteiger partial charge in [-0.1, -0.05) is 29.8 Å². The summed E-state index contributed by atoms with van der Waals surface area (Å²) in [6.45, 7) is 5.58. The van der Waals surface area contributed by atoms with Gasteiger partial charge >= 0.3 is 0 Å². The molecule has 2 aromatic rings. The number of anilines is 2. The molecule has 0 aromatic heterocycles. The van der Waals surface area contributed by atoms with Gasteiger partial charge in [-0.25, -0.2) is 0 Å². The predicted molar refractivity (Wildman–Crippen MR) is 112 cm³/mol. The lowest BCUT2D eigenvalue weighted by atomic mass is 9.94. The Kier molecular flexibility index (Phi) is 4.62. The maximum Gasteiger partial charge on any atom is 0.271 e. The summed E-state index contributed by atoms with van der Waals surface area (Å²) in [6, 6.07) is 11.9. The summed E-state index contributed by atoms with van der Waals surface area (Å²) in [4.78, 5) is 42.9. The van der Waals surface area contributed by atoms with Crippen LogP contribution in [0, 0.1) is 6.92 Å². The fraction of sp³-hybridized carbons (Fsp3) is 0.318. The molecular weight excluding hydrogens is 390 g/mol. The van der Waals surface area contributed by atoms with Crippen LogP contribution in [0.4, 0.5) is 11.4 Å². The molecule has 0 aliphatic carbocycles. The number of aryl methyl sites for hydroxylation is 1. The normalized spacial score (nSPS) is 20.7. The van der Waals surface area contributed by atoms with Crippen LogP contribution in [0.5, 0.6) is 0 Å². The number of rotatable bonds is 3. The molecule has 150 valence electrons. The van der Waals surface area contributed by atoms with Crippen LogP contribution >= 0.6 is 11.6 Å². The first kappa shape index (κ1) is 19.5. The van der Waals surface area contributed by atoms with Gasteiger partial charge in [0, 0.05) is 29.6 Å². The van der Waals surface area contributed by atoms with Crippen LogP contribution in [0.25, 0.3) is 0 Å². The number of carbonyl (C=O) groups is 3. The van der Waals surface area contributed by atoms with Crippen LogP contribution in [0.15, 0.2) is 42.5 Å². The van der Waals surface area contributed by atoms with Crippen molar-refractivity contribution < 1.29 is 14.4 Å². The third-order valence-corrected chi connectivity index (χ3v) is 6.02. The number of amides is 3. The van der Waals surface area contributed by atoms with E-state index in [9.17, 15) is 14.4 Å². The van der Waals surface area contributed by atoms with Crippen LogP contribution in [0.2, 0.25) is 5.02 Å². The van der Waals surface area contributed by atoms with E-state index in [4.69, 9.17) is 11.6 Å². The minimum Gasteiger partial charge on any atom is -0.322 e.